The minimum Gasteiger partial charge on any atom is -0.481 e. The Morgan fingerprint density at radius 3 is 2.50 bits per heavy atom. The van der Waals surface area contributed by atoms with Crippen LogP contribution in [0.5, 0.6) is 0 Å². The largest absolute Gasteiger partial charge is 0.481 e. The molecule has 0 aromatic heterocycles. The summed E-state index contributed by atoms with van der Waals surface area (Å²) in [5, 5.41) is 18.7. The second-order valence-corrected chi connectivity index (χ2v) is 2.14. The van der Waals surface area contributed by atoms with Gasteiger partial charge in [-0.05, 0) is 0 Å². The van der Waals surface area contributed by atoms with Crippen molar-refractivity contribution < 1.29 is 19.8 Å². The smallest absolute Gasteiger partial charge is 0.304 e. The maximum atomic E-state index is 10.9. The Morgan fingerprint density at radius 1 is 1.58 bits per heavy atom. The quantitative estimate of drug-likeness (QED) is 0.380. The van der Waals surface area contributed by atoms with E-state index in [-0.39, 0.29) is 6.42 Å². The Hall–Kier alpha value is -1.36. The van der Waals surface area contributed by atoms with Crippen LogP contribution in [0.2, 0.25) is 0 Å². The number of carbonyl (C=O) groups excluding carboxylic acids is 1. The fourth-order valence-electron chi connectivity index (χ4n) is 0.680. The van der Waals surface area contributed by atoms with Crippen molar-refractivity contribution in [3.63, 3.8) is 0 Å². The average Bonchev–Trinajstić information content (AvgIpc) is 2.00. The zero-order chi connectivity index (χ0) is 9.56. The van der Waals surface area contributed by atoms with Gasteiger partial charge in [-0.2, -0.15) is 0 Å². The predicted molar refractivity (Wildman–Crippen MR) is 41.2 cm³/mol. The summed E-state index contributed by atoms with van der Waals surface area (Å²) in [6.07, 6.45) is 0.925. The molecule has 0 aromatic rings. The van der Waals surface area contributed by atoms with Crippen molar-refractivity contribution in [3.05, 3.63) is 12.7 Å². The molecule has 0 bridgehead atoms. The van der Waals surface area contributed by atoms with Gasteiger partial charge in [-0.15, -0.1) is 6.58 Å². The Morgan fingerprint density at radius 2 is 2.17 bits per heavy atom. The van der Waals surface area contributed by atoms with E-state index in [0.717, 1.165) is 0 Å². The molecule has 1 atom stereocenters. The van der Waals surface area contributed by atoms with Crippen LogP contribution in [0, 0.1) is 5.92 Å². The summed E-state index contributed by atoms with van der Waals surface area (Å²) in [6, 6.07) is 0. The highest BCUT2D eigenvalue weighted by molar-refractivity contribution is 5.84. The number of rotatable bonds is 5. The van der Waals surface area contributed by atoms with Crippen molar-refractivity contribution in [1.29, 1.82) is 0 Å². The highest BCUT2D eigenvalue weighted by Gasteiger charge is 2.17. The molecule has 1 unspecified atom stereocenters. The molecule has 5 nitrogen and oxygen atoms in total. The standard InChI is InChI=1S/C7H11NO4/c1-2-5(3-6(10)11)7(12)8-4-9/h2,5,9H,1,3-4H2,(H,8,12)(H,10,11). The molecule has 3 N–H and O–H groups in total. The van der Waals surface area contributed by atoms with Crippen LogP contribution in [-0.2, 0) is 9.59 Å². The van der Waals surface area contributed by atoms with Crippen LogP contribution in [0.1, 0.15) is 6.42 Å². The molecular formula is C7H11NO4. The van der Waals surface area contributed by atoms with Gasteiger partial charge in [0, 0.05) is 0 Å². The van der Waals surface area contributed by atoms with Crippen LogP contribution in [0.3, 0.4) is 0 Å². The van der Waals surface area contributed by atoms with E-state index in [1.165, 1.54) is 6.08 Å². The number of carboxylic acids is 1. The van der Waals surface area contributed by atoms with Crippen molar-refractivity contribution in [2.75, 3.05) is 6.73 Å². The highest BCUT2D eigenvalue weighted by atomic mass is 16.4. The molecule has 0 aliphatic carbocycles. The summed E-state index contributed by atoms with van der Waals surface area (Å²) in [7, 11) is 0. The van der Waals surface area contributed by atoms with Gasteiger partial charge in [0.25, 0.3) is 0 Å². The molecule has 12 heavy (non-hydrogen) atoms. The monoisotopic (exact) mass is 173 g/mol. The van der Waals surface area contributed by atoms with E-state index < -0.39 is 24.5 Å². The molecule has 68 valence electrons. The average molecular weight is 173 g/mol. The molecule has 0 spiro atoms. The number of aliphatic hydroxyl groups is 1. The van der Waals surface area contributed by atoms with Gasteiger partial charge in [0.15, 0.2) is 0 Å². The number of carboxylic acid groups (broad SMARTS) is 1. The van der Waals surface area contributed by atoms with Gasteiger partial charge < -0.3 is 15.5 Å². The van der Waals surface area contributed by atoms with Gasteiger partial charge in [0.1, 0.15) is 6.73 Å². The summed E-state index contributed by atoms with van der Waals surface area (Å²) in [5.41, 5.74) is 0. The molecule has 1 amide bonds. The molecule has 0 radical (unpaired) electrons. The Labute approximate surface area is 69.7 Å². The van der Waals surface area contributed by atoms with E-state index in [4.69, 9.17) is 10.2 Å². The molecule has 0 saturated carbocycles. The van der Waals surface area contributed by atoms with Crippen LogP contribution in [0.4, 0.5) is 0 Å². The first kappa shape index (κ1) is 10.6. The minimum atomic E-state index is -1.08. The lowest BCUT2D eigenvalue weighted by Gasteiger charge is -2.07. The first-order valence-corrected chi connectivity index (χ1v) is 3.34. The zero-order valence-corrected chi connectivity index (χ0v) is 6.49. The lowest BCUT2D eigenvalue weighted by atomic mass is 10.1. The molecular weight excluding hydrogens is 162 g/mol. The molecule has 0 rings (SSSR count). The van der Waals surface area contributed by atoms with Crippen LogP contribution in [0.25, 0.3) is 0 Å². The summed E-state index contributed by atoms with van der Waals surface area (Å²) in [5.74, 6) is -2.39. The molecule has 0 heterocycles. The maximum Gasteiger partial charge on any atom is 0.304 e. The van der Waals surface area contributed by atoms with Crippen LogP contribution in [-0.4, -0.2) is 28.8 Å². The van der Waals surface area contributed by atoms with Gasteiger partial charge in [0.2, 0.25) is 5.91 Å². The third-order valence-corrected chi connectivity index (χ3v) is 1.27. The van der Waals surface area contributed by atoms with E-state index >= 15 is 0 Å². The lowest BCUT2D eigenvalue weighted by molar-refractivity contribution is -0.140. The third-order valence-electron chi connectivity index (χ3n) is 1.27. The van der Waals surface area contributed by atoms with Gasteiger partial charge in [0.05, 0.1) is 12.3 Å². The van der Waals surface area contributed by atoms with Crippen molar-refractivity contribution in [2.24, 2.45) is 5.92 Å². The molecule has 0 aliphatic rings. The fraction of sp³-hybridized carbons (Fsp3) is 0.429. The van der Waals surface area contributed by atoms with Crippen LogP contribution >= 0.6 is 0 Å². The molecule has 0 aliphatic heterocycles. The van der Waals surface area contributed by atoms with Crippen molar-refractivity contribution in [3.8, 4) is 0 Å². The summed E-state index contributed by atoms with van der Waals surface area (Å²) < 4.78 is 0. The third kappa shape index (κ3) is 3.72. The van der Waals surface area contributed by atoms with Crippen LogP contribution < -0.4 is 5.32 Å². The first-order chi connectivity index (χ1) is 5.61. The molecule has 0 fully saturated rings. The molecule has 5 heteroatoms. The molecule has 0 saturated heterocycles. The fourth-order valence-corrected chi connectivity index (χ4v) is 0.680. The number of hydrogen-bond acceptors (Lipinski definition) is 3. The summed E-state index contributed by atoms with van der Waals surface area (Å²) in [4.78, 5) is 21.1. The van der Waals surface area contributed by atoms with E-state index in [1.54, 1.807) is 0 Å². The lowest BCUT2D eigenvalue weighted by Crippen LogP contribution is -2.31. The highest BCUT2D eigenvalue weighted by Crippen LogP contribution is 2.03. The van der Waals surface area contributed by atoms with Gasteiger partial charge in [-0.1, -0.05) is 6.08 Å². The molecule has 0 aromatic carbocycles. The van der Waals surface area contributed by atoms with Gasteiger partial charge in [-0.3, -0.25) is 9.59 Å². The van der Waals surface area contributed by atoms with E-state index in [9.17, 15) is 9.59 Å². The number of aliphatic carboxylic acids is 1. The number of amides is 1. The van der Waals surface area contributed by atoms with E-state index in [0.29, 0.717) is 0 Å². The predicted octanol–water partition coefficient (Wildman–Crippen LogP) is -0.671. The van der Waals surface area contributed by atoms with Gasteiger partial charge >= 0.3 is 5.97 Å². The second-order valence-electron chi connectivity index (χ2n) is 2.14. The van der Waals surface area contributed by atoms with Crippen molar-refractivity contribution in [1.82, 2.24) is 5.32 Å². The zero-order valence-electron chi connectivity index (χ0n) is 6.49. The van der Waals surface area contributed by atoms with Gasteiger partial charge in [-0.25, -0.2) is 0 Å². The Kier molecular flexibility index (Phi) is 4.71. The number of carbonyl (C=O) groups is 2. The van der Waals surface area contributed by atoms with Crippen molar-refractivity contribution >= 4 is 11.9 Å². The second kappa shape index (κ2) is 5.31. The Bertz CT molecular complexity index is 190. The Balaban J connectivity index is 4.05. The number of nitrogens with one attached hydrogen (secondary N) is 1. The SMILES string of the molecule is C=CC(CC(=O)O)C(=O)NCO. The summed E-state index contributed by atoms with van der Waals surface area (Å²) in [6.45, 7) is 2.81. The topological polar surface area (TPSA) is 86.6 Å². The number of hydrogen-bond donors (Lipinski definition) is 3. The first-order valence-electron chi connectivity index (χ1n) is 3.34. The van der Waals surface area contributed by atoms with E-state index in [2.05, 4.69) is 11.9 Å². The normalized spacial score (nSPS) is 11.8. The van der Waals surface area contributed by atoms with Crippen LogP contribution in [0.15, 0.2) is 12.7 Å². The van der Waals surface area contributed by atoms with E-state index in [1.807, 2.05) is 0 Å². The van der Waals surface area contributed by atoms with Crippen molar-refractivity contribution in [2.45, 2.75) is 6.42 Å². The number of aliphatic hydroxyl groups excluding tert-OH is 1. The minimum absolute atomic E-state index is 0.310. The summed E-state index contributed by atoms with van der Waals surface area (Å²) >= 11 is 0. The maximum absolute atomic E-state index is 10.9.